The average molecular weight is 288 g/mol. The van der Waals surface area contributed by atoms with Crippen LogP contribution in [0, 0.1) is 11.6 Å². The Kier molecular flexibility index (Phi) is 4.81. The zero-order chi connectivity index (χ0) is 13.8. The van der Waals surface area contributed by atoms with Crippen molar-refractivity contribution in [3.63, 3.8) is 0 Å². The second-order valence-electron chi connectivity index (χ2n) is 4.47. The van der Waals surface area contributed by atoms with Gasteiger partial charge in [0.25, 0.3) is 0 Å². The number of anilines is 2. The van der Waals surface area contributed by atoms with Crippen LogP contribution in [-0.4, -0.2) is 22.0 Å². The summed E-state index contributed by atoms with van der Waals surface area (Å²) in [6, 6.07) is 0.963. The van der Waals surface area contributed by atoms with Crippen LogP contribution in [0.1, 0.15) is 26.2 Å². The van der Waals surface area contributed by atoms with Crippen LogP contribution in [-0.2, 0) is 0 Å². The van der Waals surface area contributed by atoms with Crippen molar-refractivity contribution in [3.05, 3.63) is 17.7 Å². The number of hydrogen-bond donors (Lipinski definition) is 3. The van der Waals surface area contributed by atoms with Gasteiger partial charge in [-0.3, -0.25) is 0 Å². The number of nitrogens with one attached hydrogen (secondary N) is 2. The molecule has 1 saturated carbocycles. The van der Waals surface area contributed by atoms with E-state index >= 15 is 0 Å². The van der Waals surface area contributed by atoms with Gasteiger partial charge in [0.2, 0.25) is 0 Å². The highest BCUT2D eigenvalue weighted by atomic mass is 32.2. The van der Waals surface area contributed by atoms with Gasteiger partial charge in [-0.05, 0) is 18.6 Å². The monoisotopic (exact) mass is 288 g/mol. The molecule has 0 saturated heterocycles. The number of pyridine rings is 1. The molecule has 0 aliphatic heterocycles. The number of nitrogens with two attached hydrogens (primary N) is 1. The second-order valence-corrected chi connectivity index (χ2v) is 5.99. The number of aromatic nitrogens is 1. The summed E-state index contributed by atoms with van der Waals surface area (Å²) in [7, 11) is 0. The summed E-state index contributed by atoms with van der Waals surface area (Å²) in [6.45, 7) is 2.10. The number of hydrogen-bond acceptors (Lipinski definition) is 5. The third-order valence-electron chi connectivity index (χ3n) is 3.22. The fourth-order valence-electron chi connectivity index (χ4n) is 2.35. The molecule has 0 aromatic carbocycles. The lowest BCUT2D eigenvalue weighted by molar-refractivity contribution is 0.575. The normalized spacial score (nSPS) is 22.5. The van der Waals surface area contributed by atoms with E-state index in [1.807, 2.05) is 11.8 Å². The standard InChI is InChI=1S/C12H18F2N4S/c1-2-19-10-5-3-4-9(10)16-11-7(13)6-8(14)12(17-11)18-15/h6,9-10H,2-5,15H2,1H3,(H2,16,17,18). The Balaban J connectivity index is 2.14. The molecule has 4 nitrogen and oxygen atoms in total. The van der Waals surface area contributed by atoms with E-state index in [4.69, 9.17) is 5.84 Å². The highest BCUT2D eigenvalue weighted by Gasteiger charge is 2.28. The van der Waals surface area contributed by atoms with Crippen molar-refractivity contribution < 1.29 is 8.78 Å². The summed E-state index contributed by atoms with van der Waals surface area (Å²) >= 11 is 1.86. The minimum atomic E-state index is -0.795. The van der Waals surface area contributed by atoms with Crippen LogP contribution in [0.4, 0.5) is 20.4 Å². The number of hydrazine groups is 1. The molecule has 1 heterocycles. The molecule has 1 aromatic heterocycles. The van der Waals surface area contributed by atoms with E-state index in [1.165, 1.54) is 0 Å². The fourth-order valence-corrected chi connectivity index (χ4v) is 3.55. The summed E-state index contributed by atoms with van der Waals surface area (Å²) < 4.78 is 27.0. The molecule has 0 radical (unpaired) electrons. The van der Waals surface area contributed by atoms with Gasteiger partial charge in [0.15, 0.2) is 23.3 Å². The predicted octanol–water partition coefficient (Wildman–Crippen LogP) is 2.73. The Bertz CT molecular complexity index is 444. The quantitative estimate of drug-likeness (QED) is 0.574. The van der Waals surface area contributed by atoms with Crippen LogP contribution >= 0.6 is 11.8 Å². The predicted molar refractivity (Wildman–Crippen MR) is 75.1 cm³/mol. The minimum absolute atomic E-state index is 0.0583. The summed E-state index contributed by atoms with van der Waals surface area (Å²) in [5, 5.41) is 3.53. The molecule has 2 atom stereocenters. The first-order chi connectivity index (χ1) is 9.15. The van der Waals surface area contributed by atoms with Gasteiger partial charge in [-0.2, -0.15) is 11.8 Å². The first-order valence-electron chi connectivity index (χ1n) is 6.36. The number of halogens is 2. The summed E-state index contributed by atoms with van der Waals surface area (Å²) in [4.78, 5) is 3.84. The summed E-state index contributed by atoms with van der Waals surface area (Å²) in [5.74, 6) is 4.59. The molecule has 2 rings (SSSR count). The second kappa shape index (κ2) is 6.38. The molecule has 1 aromatic rings. The van der Waals surface area contributed by atoms with E-state index in [-0.39, 0.29) is 17.7 Å². The molecule has 106 valence electrons. The van der Waals surface area contributed by atoms with Crippen molar-refractivity contribution in [1.82, 2.24) is 4.98 Å². The highest BCUT2D eigenvalue weighted by Crippen LogP contribution is 2.32. The van der Waals surface area contributed by atoms with Gasteiger partial charge in [-0.25, -0.2) is 19.6 Å². The maximum absolute atomic E-state index is 13.7. The van der Waals surface area contributed by atoms with Gasteiger partial charge < -0.3 is 10.7 Å². The Hall–Kier alpha value is -1.08. The van der Waals surface area contributed by atoms with Crippen LogP contribution in [0.15, 0.2) is 6.07 Å². The molecule has 1 aliphatic rings. The Morgan fingerprint density at radius 1 is 1.37 bits per heavy atom. The summed E-state index contributed by atoms with van der Waals surface area (Å²) in [5.41, 5.74) is 2.13. The van der Waals surface area contributed by atoms with Crippen molar-refractivity contribution in [2.75, 3.05) is 16.5 Å². The van der Waals surface area contributed by atoms with Crippen molar-refractivity contribution in [2.24, 2.45) is 5.84 Å². The van der Waals surface area contributed by atoms with E-state index in [1.54, 1.807) is 0 Å². The SMILES string of the molecule is CCSC1CCCC1Nc1nc(NN)c(F)cc1F. The van der Waals surface area contributed by atoms with E-state index in [0.29, 0.717) is 5.25 Å². The third-order valence-corrected chi connectivity index (χ3v) is 4.55. The van der Waals surface area contributed by atoms with Gasteiger partial charge in [-0.15, -0.1) is 0 Å². The van der Waals surface area contributed by atoms with E-state index in [0.717, 1.165) is 31.1 Å². The topological polar surface area (TPSA) is 63.0 Å². The van der Waals surface area contributed by atoms with Gasteiger partial charge in [0, 0.05) is 17.4 Å². The average Bonchev–Trinajstić information content (AvgIpc) is 2.80. The van der Waals surface area contributed by atoms with Crippen LogP contribution in [0.3, 0.4) is 0 Å². The van der Waals surface area contributed by atoms with Crippen LogP contribution in [0.5, 0.6) is 0 Å². The lowest BCUT2D eigenvalue weighted by atomic mass is 10.2. The zero-order valence-electron chi connectivity index (χ0n) is 10.7. The lowest BCUT2D eigenvalue weighted by Gasteiger charge is -2.21. The third kappa shape index (κ3) is 3.27. The molecule has 19 heavy (non-hydrogen) atoms. The van der Waals surface area contributed by atoms with Crippen LogP contribution < -0.4 is 16.6 Å². The van der Waals surface area contributed by atoms with Gasteiger partial charge in [0.05, 0.1) is 0 Å². The van der Waals surface area contributed by atoms with E-state index < -0.39 is 11.6 Å². The minimum Gasteiger partial charge on any atom is -0.364 e. The first-order valence-corrected chi connectivity index (χ1v) is 7.41. The molecule has 2 unspecified atom stereocenters. The smallest absolute Gasteiger partial charge is 0.178 e. The Labute approximate surface area is 115 Å². The van der Waals surface area contributed by atoms with E-state index in [9.17, 15) is 8.78 Å². The van der Waals surface area contributed by atoms with Crippen molar-refractivity contribution in [2.45, 2.75) is 37.5 Å². The molecular weight excluding hydrogens is 270 g/mol. The van der Waals surface area contributed by atoms with E-state index in [2.05, 4.69) is 22.7 Å². The number of nitrogens with zero attached hydrogens (tertiary/aromatic N) is 1. The molecule has 7 heteroatoms. The highest BCUT2D eigenvalue weighted by molar-refractivity contribution is 7.99. The lowest BCUT2D eigenvalue weighted by Crippen LogP contribution is -2.27. The van der Waals surface area contributed by atoms with Gasteiger partial charge >= 0.3 is 0 Å². The molecular formula is C12H18F2N4S. The molecule has 1 fully saturated rings. The van der Waals surface area contributed by atoms with Crippen molar-refractivity contribution >= 4 is 23.4 Å². The van der Waals surface area contributed by atoms with Crippen molar-refractivity contribution in [1.29, 1.82) is 0 Å². The van der Waals surface area contributed by atoms with Crippen molar-refractivity contribution in [3.8, 4) is 0 Å². The largest absolute Gasteiger partial charge is 0.364 e. The molecule has 0 bridgehead atoms. The Morgan fingerprint density at radius 3 is 2.79 bits per heavy atom. The number of nitrogen functional groups attached to an aromatic ring is 1. The van der Waals surface area contributed by atoms with Gasteiger partial charge in [0.1, 0.15) is 0 Å². The molecule has 0 amide bonds. The maximum atomic E-state index is 13.7. The first kappa shape index (κ1) is 14.3. The zero-order valence-corrected chi connectivity index (χ0v) is 11.6. The van der Waals surface area contributed by atoms with Crippen LogP contribution in [0.25, 0.3) is 0 Å². The molecule has 0 spiro atoms. The molecule has 1 aliphatic carbocycles. The Morgan fingerprint density at radius 2 is 2.11 bits per heavy atom. The number of rotatable bonds is 5. The summed E-state index contributed by atoms with van der Waals surface area (Å²) in [6.07, 6.45) is 3.20. The van der Waals surface area contributed by atoms with Gasteiger partial charge in [-0.1, -0.05) is 13.3 Å². The van der Waals surface area contributed by atoms with Crippen LogP contribution in [0.2, 0.25) is 0 Å². The maximum Gasteiger partial charge on any atom is 0.178 e. The number of thioether (sulfide) groups is 1. The fraction of sp³-hybridized carbons (Fsp3) is 0.583. The molecule has 4 N–H and O–H groups in total.